The van der Waals surface area contributed by atoms with Crippen LogP contribution in [0.4, 0.5) is 5.82 Å². The number of rotatable bonds is 7. The molecular weight excluding hydrogens is 342 g/mol. The molecule has 0 fully saturated rings. The Hall–Kier alpha value is -1.62. The van der Waals surface area contributed by atoms with Gasteiger partial charge in [-0.15, -0.1) is 0 Å². The molecule has 118 valence electrons. The maximum Gasteiger partial charge on any atom is 0.144 e. The SMILES string of the molecule is CCc1ccc(OCCNc2ncnc(C)c2Br)c(CC)c1. The van der Waals surface area contributed by atoms with Crippen molar-refractivity contribution in [3.05, 3.63) is 45.8 Å². The predicted molar refractivity (Wildman–Crippen MR) is 93.7 cm³/mol. The van der Waals surface area contributed by atoms with Crippen molar-refractivity contribution in [1.82, 2.24) is 9.97 Å². The van der Waals surface area contributed by atoms with Crippen LogP contribution in [0.25, 0.3) is 0 Å². The maximum absolute atomic E-state index is 5.90. The largest absolute Gasteiger partial charge is 0.491 e. The standard InChI is InChI=1S/C17H22BrN3O/c1-4-13-6-7-15(14(5-2)10-13)22-9-8-19-17-16(18)12(3)20-11-21-17/h6-7,10-11H,4-5,8-9H2,1-3H3,(H,19,20,21). The molecule has 0 bridgehead atoms. The van der Waals surface area contributed by atoms with E-state index in [2.05, 4.69) is 63.3 Å². The quantitative estimate of drug-likeness (QED) is 0.750. The lowest BCUT2D eigenvalue weighted by atomic mass is 10.1. The van der Waals surface area contributed by atoms with Crippen molar-refractivity contribution < 1.29 is 4.74 Å². The second-order valence-electron chi connectivity index (χ2n) is 5.05. The van der Waals surface area contributed by atoms with E-state index >= 15 is 0 Å². The number of ether oxygens (including phenoxy) is 1. The number of nitrogens with one attached hydrogen (secondary N) is 1. The molecule has 0 radical (unpaired) electrons. The zero-order valence-electron chi connectivity index (χ0n) is 13.3. The Morgan fingerprint density at radius 3 is 2.73 bits per heavy atom. The molecular formula is C17H22BrN3O. The minimum atomic E-state index is 0.591. The molecule has 1 aromatic carbocycles. The molecule has 0 saturated heterocycles. The molecule has 0 amide bonds. The van der Waals surface area contributed by atoms with Gasteiger partial charge >= 0.3 is 0 Å². The summed E-state index contributed by atoms with van der Waals surface area (Å²) >= 11 is 3.49. The fourth-order valence-electron chi connectivity index (χ4n) is 2.18. The first-order chi connectivity index (χ1) is 10.7. The Balaban J connectivity index is 1.90. The van der Waals surface area contributed by atoms with Crippen LogP contribution >= 0.6 is 15.9 Å². The highest BCUT2D eigenvalue weighted by atomic mass is 79.9. The van der Waals surface area contributed by atoms with Crippen LogP contribution in [-0.2, 0) is 12.8 Å². The molecule has 1 aromatic heterocycles. The van der Waals surface area contributed by atoms with Crippen molar-refractivity contribution in [1.29, 1.82) is 0 Å². The van der Waals surface area contributed by atoms with Gasteiger partial charge in [0.2, 0.25) is 0 Å². The summed E-state index contributed by atoms with van der Waals surface area (Å²) in [6.45, 7) is 7.54. The number of halogens is 1. The molecule has 5 heteroatoms. The normalized spacial score (nSPS) is 10.5. The van der Waals surface area contributed by atoms with Crippen LogP contribution in [0.3, 0.4) is 0 Å². The summed E-state index contributed by atoms with van der Waals surface area (Å²) in [5, 5.41) is 3.26. The summed E-state index contributed by atoms with van der Waals surface area (Å²) in [7, 11) is 0. The van der Waals surface area contributed by atoms with Gasteiger partial charge in [0.25, 0.3) is 0 Å². The molecule has 0 spiro atoms. The van der Waals surface area contributed by atoms with Crippen molar-refractivity contribution in [3.8, 4) is 5.75 Å². The minimum absolute atomic E-state index is 0.591. The predicted octanol–water partition coefficient (Wildman–Crippen LogP) is 4.16. The highest BCUT2D eigenvalue weighted by Crippen LogP contribution is 2.22. The Kier molecular flexibility index (Phi) is 6.19. The summed E-state index contributed by atoms with van der Waals surface area (Å²) in [6.07, 6.45) is 3.59. The van der Waals surface area contributed by atoms with E-state index < -0.39 is 0 Å². The molecule has 4 nitrogen and oxygen atoms in total. The first kappa shape index (κ1) is 16.7. The van der Waals surface area contributed by atoms with Gasteiger partial charge < -0.3 is 10.1 Å². The summed E-state index contributed by atoms with van der Waals surface area (Å²) in [4.78, 5) is 8.34. The zero-order chi connectivity index (χ0) is 15.9. The van der Waals surface area contributed by atoms with E-state index in [1.807, 2.05) is 6.92 Å². The molecule has 1 heterocycles. The average molecular weight is 364 g/mol. The van der Waals surface area contributed by atoms with Crippen LogP contribution in [-0.4, -0.2) is 23.1 Å². The fraction of sp³-hybridized carbons (Fsp3) is 0.412. The first-order valence-electron chi connectivity index (χ1n) is 7.61. The molecule has 1 N–H and O–H groups in total. The van der Waals surface area contributed by atoms with Crippen LogP contribution in [0.1, 0.15) is 30.7 Å². The summed E-state index contributed by atoms with van der Waals surface area (Å²) in [6, 6.07) is 6.43. The first-order valence-corrected chi connectivity index (χ1v) is 8.40. The van der Waals surface area contributed by atoms with Crippen molar-refractivity contribution in [2.24, 2.45) is 0 Å². The van der Waals surface area contributed by atoms with Crippen molar-refractivity contribution >= 4 is 21.7 Å². The number of anilines is 1. The van der Waals surface area contributed by atoms with Gasteiger partial charge in [-0.25, -0.2) is 9.97 Å². The fourth-order valence-corrected chi connectivity index (χ4v) is 2.53. The second-order valence-corrected chi connectivity index (χ2v) is 5.84. The van der Waals surface area contributed by atoms with Crippen molar-refractivity contribution in [2.75, 3.05) is 18.5 Å². The molecule has 0 atom stereocenters. The molecule has 0 saturated carbocycles. The van der Waals surface area contributed by atoms with Gasteiger partial charge in [-0.1, -0.05) is 26.0 Å². The van der Waals surface area contributed by atoms with Crippen LogP contribution < -0.4 is 10.1 Å². The third-order valence-electron chi connectivity index (χ3n) is 3.53. The van der Waals surface area contributed by atoms with Gasteiger partial charge in [-0.3, -0.25) is 0 Å². The molecule has 22 heavy (non-hydrogen) atoms. The van der Waals surface area contributed by atoms with Crippen LogP contribution in [0.5, 0.6) is 5.75 Å². The van der Waals surface area contributed by atoms with Crippen molar-refractivity contribution in [3.63, 3.8) is 0 Å². The topological polar surface area (TPSA) is 47.0 Å². The Bertz CT molecular complexity index is 631. The van der Waals surface area contributed by atoms with E-state index in [1.54, 1.807) is 6.33 Å². The van der Waals surface area contributed by atoms with E-state index in [9.17, 15) is 0 Å². The lowest BCUT2D eigenvalue weighted by Gasteiger charge is -2.13. The average Bonchev–Trinajstić information content (AvgIpc) is 2.55. The molecule has 0 unspecified atom stereocenters. The third-order valence-corrected chi connectivity index (χ3v) is 4.48. The van der Waals surface area contributed by atoms with Gasteiger partial charge in [0.05, 0.1) is 16.7 Å². The molecule has 0 aliphatic rings. The van der Waals surface area contributed by atoms with E-state index in [1.165, 1.54) is 11.1 Å². The van der Waals surface area contributed by atoms with Gasteiger partial charge in [0.15, 0.2) is 0 Å². The van der Waals surface area contributed by atoms with Crippen LogP contribution in [0.15, 0.2) is 29.0 Å². The Morgan fingerprint density at radius 2 is 2.00 bits per heavy atom. The number of hydrogen-bond donors (Lipinski definition) is 1. The highest BCUT2D eigenvalue weighted by Gasteiger charge is 2.06. The number of hydrogen-bond acceptors (Lipinski definition) is 4. The van der Waals surface area contributed by atoms with Gasteiger partial charge in [0.1, 0.15) is 24.5 Å². The third kappa shape index (κ3) is 4.19. The minimum Gasteiger partial charge on any atom is -0.491 e. The molecule has 2 aromatic rings. The highest BCUT2D eigenvalue weighted by molar-refractivity contribution is 9.10. The van der Waals surface area contributed by atoms with Gasteiger partial charge in [-0.05, 0) is 52.9 Å². The smallest absolute Gasteiger partial charge is 0.144 e. The van der Waals surface area contributed by atoms with E-state index in [0.717, 1.165) is 34.6 Å². The van der Waals surface area contributed by atoms with Crippen LogP contribution in [0.2, 0.25) is 0 Å². The lowest BCUT2D eigenvalue weighted by molar-refractivity contribution is 0.329. The number of nitrogens with zero attached hydrogens (tertiary/aromatic N) is 2. The molecule has 0 aliphatic carbocycles. The second kappa shape index (κ2) is 8.13. The lowest BCUT2D eigenvalue weighted by Crippen LogP contribution is -2.13. The number of aromatic nitrogens is 2. The summed E-state index contributed by atoms with van der Waals surface area (Å²) in [5.41, 5.74) is 3.53. The number of aryl methyl sites for hydroxylation is 3. The van der Waals surface area contributed by atoms with Gasteiger partial charge in [0, 0.05) is 0 Å². The van der Waals surface area contributed by atoms with E-state index in [0.29, 0.717) is 13.2 Å². The van der Waals surface area contributed by atoms with Crippen molar-refractivity contribution in [2.45, 2.75) is 33.6 Å². The Labute approximate surface area is 140 Å². The number of benzene rings is 1. The monoisotopic (exact) mass is 363 g/mol. The molecule has 2 rings (SSSR count). The zero-order valence-corrected chi connectivity index (χ0v) is 14.9. The van der Waals surface area contributed by atoms with Gasteiger partial charge in [-0.2, -0.15) is 0 Å². The summed E-state index contributed by atoms with van der Waals surface area (Å²) in [5.74, 6) is 1.77. The molecule has 0 aliphatic heterocycles. The Morgan fingerprint density at radius 1 is 1.18 bits per heavy atom. The maximum atomic E-state index is 5.90. The van der Waals surface area contributed by atoms with E-state index in [4.69, 9.17) is 4.74 Å². The summed E-state index contributed by atoms with van der Waals surface area (Å²) < 4.78 is 6.80. The van der Waals surface area contributed by atoms with Crippen LogP contribution in [0, 0.1) is 6.92 Å². The van der Waals surface area contributed by atoms with E-state index in [-0.39, 0.29) is 0 Å².